The molecule has 2 aliphatic heterocycles. The molecular weight excluding hydrogens is 436 g/mol. The smallest absolute Gasteiger partial charge is 0.308 e. The molecule has 1 N–H and O–H groups in total. The highest BCUT2D eigenvalue weighted by Crippen LogP contribution is 2.43. The molecule has 190 valence electrons. The summed E-state index contributed by atoms with van der Waals surface area (Å²) < 4.78 is 11.0. The highest BCUT2D eigenvalue weighted by molar-refractivity contribution is 5.78. The summed E-state index contributed by atoms with van der Waals surface area (Å²) in [7, 11) is 0. The van der Waals surface area contributed by atoms with Crippen LogP contribution in [-0.4, -0.2) is 66.0 Å². The SMILES string of the molecule is CCCON(CCC)C(=O)CN1C[C@H](c2ccc3c(c2)OCO3)[C@@H](C(=O)O)[C@@H]1CC(C)CCC. The summed E-state index contributed by atoms with van der Waals surface area (Å²) in [5.74, 6) is -0.0874. The minimum absolute atomic E-state index is 0.112. The van der Waals surface area contributed by atoms with Gasteiger partial charge in [-0.3, -0.25) is 19.3 Å². The van der Waals surface area contributed by atoms with Crippen molar-refractivity contribution in [3.05, 3.63) is 23.8 Å². The van der Waals surface area contributed by atoms with Crippen LogP contribution >= 0.6 is 0 Å². The highest BCUT2D eigenvalue weighted by Gasteiger charge is 2.47. The van der Waals surface area contributed by atoms with Gasteiger partial charge in [-0.2, -0.15) is 0 Å². The van der Waals surface area contributed by atoms with Gasteiger partial charge in [0, 0.05) is 25.0 Å². The van der Waals surface area contributed by atoms with Crippen LogP contribution in [0.15, 0.2) is 18.2 Å². The maximum Gasteiger partial charge on any atom is 0.308 e. The molecule has 4 atom stereocenters. The Bertz CT molecular complexity index is 832. The van der Waals surface area contributed by atoms with Gasteiger partial charge in [-0.25, -0.2) is 5.06 Å². The van der Waals surface area contributed by atoms with Crippen molar-refractivity contribution in [1.82, 2.24) is 9.96 Å². The van der Waals surface area contributed by atoms with E-state index in [4.69, 9.17) is 14.3 Å². The summed E-state index contributed by atoms with van der Waals surface area (Å²) >= 11 is 0. The van der Waals surface area contributed by atoms with Gasteiger partial charge in [-0.05, 0) is 42.9 Å². The number of fused-ring (bicyclic) bond motifs is 1. The number of carbonyl (C=O) groups excluding carboxylic acids is 1. The molecule has 2 aliphatic rings. The van der Waals surface area contributed by atoms with Crippen LogP contribution < -0.4 is 9.47 Å². The Hall–Kier alpha value is -2.32. The molecule has 8 nitrogen and oxygen atoms in total. The van der Waals surface area contributed by atoms with E-state index in [2.05, 4.69) is 18.7 Å². The molecule has 0 saturated carbocycles. The summed E-state index contributed by atoms with van der Waals surface area (Å²) in [6.45, 7) is 10.2. The molecule has 1 fully saturated rings. The van der Waals surface area contributed by atoms with Crippen LogP contribution in [0.2, 0.25) is 0 Å². The second-order valence-corrected chi connectivity index (χ2v) is 9.54. The molecule has 0 aromatic heterocycles. The summed E-state index contributed by atoms with van der Waals surface area (Å²) in [6, 6.07) is 5.45. The third kappa shape index (κ3) is 6.21. The number of amides is 1. The van der Waals surface area contributed by atoms with Crippen molar-refractivity contribution in [3.8, 4) is 11.5 Å². The monoisotopic (exact) mass is 476 g/mol. The number of carbonyl (C=O) groups is 2. The number of carboxylic acids is 1. The van der Waals surface area contributed by atoms with Crippen molar-refractivity contribution in [3.63, 3.8) is 0 Å². The number of aliphatic carboxylic acids is 1. The van der Waals surface area contributed by atoms with Gasteiger partial charge in [0.1, 0.15) is 0 Å². The van der Waals surface area contributed by atoms with Gasteiger partial charge < -0.3 is 14.6 Å². The van der Waals surface area contributed by atoms with Crippen LogP contribution in [0.3, 0.4) is 0 Å². The van der Waals surface area contributed by atoms with E-state index < -0.39 is 11.9 Å². The number of hydrogen-bond donors (Lipinski definition) is 1. The lowest BCUT2D eigenvalue weighted by Crippen LogP contribution is -2.45. The van der Waals surface area contributed by atoms with Gasteiger partial charge >= 0.3 is 5.97 Å². The van der Waals surface area contributed by atoms with Crippen molar-refractivity contribution in [1.29, 1.82) is 0 Å². The second kappa shape index (κ2) is 12.4. The first kappa shape index (κ1) is 26.3. The van der Waals surface area contributed by atoms with Crippen LogP contribution in [-0.2, 0) is 14.4 Å². The van der Waals surface area contributed by atoms with Crippen LogP contribution in [0, 0.1) is 11.8 Å². The predicted molar refractivity (Wildman–Crippen MR) is 129 cm³/mol. The van der Waals surface area contributed by atoms with Crippen LogP contribution in [0.4, 0.5) is 0 Å². The number of hydroxylamine groups is 2. The second-order valence-electron chi connectivity index (χ2n) is 9.54. The molecule has 1 unspecified atom stereocenters. The van der Waals surface area contributed by atoms with Crippen molar-refractivity contribution < 1.29 is 29.0 Å². The van der Waals surface area contributed by atoms with Gasteiger partial charge in [0.05, 0.1) is 19.1 Å². The van der Waals surface area contributed by atoms with E-state index in [-0.39, 0.29) is 31.2 Å². The largest absolute Gasteiger partial charge is 0.481 e. The van der Waals surface area contributed by atoms with E-state index in [9.17, 15) is 14.7 Å². The number of likely N-dealkylation sites (tertiary alicyclic amines) is 1. The Labute approximate surface area is 203 Å². The van der Waals surface area contributed by atoms with Crippen molar-refractivity contribution in [2.24, 2.45) is 11.8 Å². The molecule has 0 radical (unpaired) electrons. The van der Waals surface area contributed by atoms with E-state index in [1.165, 1.54) is 5.06 Å². The zero-order valence-corrected chi connectivity index (χ0v) is 21.0. The maximum absolute atomic E-state index is 13.2. The third-order valence-electron chi connectivity index (χ3n) is 6.78. The number of ether oxygens (including phenoxy) is 2. The lowest BCUT2D eigenvalue weighted by molar-refractivity contribution is -0.188. The molecule has 1 aromatic carbocycles. The first-order valence-electron chi connectivity index (χ1n) is 12.7. The molecule has 1 aromatic rings. The Morgan fingerprint density at radius 2 is 1.94 bits per heavy atom. The van der Waals surface area contributed by atoms with E-state index in [1.54, 1.807) is 0 Å². The average molecular weight is 477 g/mol. The standard InChI is InChI=1S/C26H40N2O6/c1-5-8-18(4)13-21-25(26(30)31)20(19-9-10-22-23(14-19)33-17-32-22)15-27(21)16-24(29)28(11-6-2)34-12-7-3/h9-10,14,18,20-21,25H,5-8,11-13,15-17H2,1-4H3,(H,30,31)/t18?,20-,21+,25-/m1/s1. The molecular formula is C26H40N2O6. The van der Waals surface area contributed by atoms with E-state index in [0.29, 0.717) is 37.1 Å². The maximum atomic E-state index is 13.2. The fourth-order valence-corrected chi connectivity index (χ4v) is 5.21. The lowest BCUT2D eigenvalue weighted by Gasteiger charge is -2.30. The molecule has 2 heterocycles. The molecule has 1 saturated heterocycles. The van der Waals surface area contributed by atoms with Crippen LogP contribution in [0.5, 0.6) is 11.5 Å². The van der Waals surface area contributed by atoms with E-state index >= 15 is 0 Å². The van der Waals surface area contributed by atoms with Crippen LogP contribution in [0.1, 0.15) is 71.3 Å². The van der Waals surface area contributed by atoms with Gasteiger partial charge in [-0.1, -0.05) is 46.6 Å². The van der Waals surface area contributed by atoms with Gasteiger partial charge in [0.25, 0.3) is 5.91 Å². The Morgan fingerprint density at radius 1 is 1.18 bits per heavy atom. The van der Waals surface area contributed by atoms with Crippen molar-refractivity contribution >= 4 is 11.9 Å². The average Bonchev–Trinajstić information content (AvgIpc) is 3.41. The van der Waals surface area contributed by atoms with Crippen molar-refractivity contribution in [2.45, 2.75) is 71.8 Å². The van der Waals surface area contributed by atoms with Crippen molar-refractivity contribution in [2.75, 3.05) is 33.0 Å². The van der Waals surface area contributed by atoms with E-state index in [1.807, 2.05) is 32.0 Å². The fourth-order valence-electron chi connectivity index (χ4n) is 5.21. The number of benzene rings is 1. The minimum Gasteiger partial charge on any atom is -0.481 e. The summed E-state index contributed by atoms with van der Waals surface area (Å²) in [5.41, 5.74) is 0.910. The molecule has 0 spiro atoms. The third-order valence-corrected chi connectivity index (χ3v) is 6.78. The zero-order valence-electron chi connectivity index (χ0n) is 21.0. The summed E-state index contributed by atoms with van der Waals surface area (Å²) in [6.07, 6.45) is 4.43. The van der Waals surface area contributed by atoms with Gasteiger partial charge in [0.15, 0.2) is 11.5 Å². The van der Waals surface area contributed by atoms with E-state index in [0.717, 1.165) is 37.7 Å². The summed E-state index contributed by atoms with van der Waals surface area (Å²) in [5, 5.41) is 11.8. The Balaban J connectivity index is 1.87. The Morgan fingerprint density at radius 3 is 2.62 bits per heavy atom. The number of rotatable bonds is 13. The molecule has 34 heavy (non-hydrogen) atoms. The van der Waals surface area contributed by atoms with Gasteiger partial charge in [-0.15, -0.1) is 0 Å². The first-order valence-corrected chi connectivity index (χ1v) is 12.7. The minimum atomic E-state index is -0.820. The summed E-state index contributed by atoms with van der Waals surface area (Å²) in [4.78, 5) is 33.6. The predicted octanol–water partition coefficient (Wildman–Crippen LogP) is 4.29. The number of nitrogens with zero attached hydrogens (tertiary/aromatic N) is 2. The van der Waals surface area contributed by atoms with Gasteiger partial charge in [0.2, 0.25) is 6.79 Å². The number of carboxylic acid groups (broad SMARTS) is 1. The zero-order chi connectivity index (χ0) is 24.7. The Kier molecular flexibility index (Phi) is 9.59. The fraction of sp³-hybridized carbons (Fsp3) is 0.692. The quantitative estimate of drug-likeness (QED) is 0.425. The highest BCUT2D eigenvalue weighted by atomic mass is 16.7. The lowest BCUT2D eigenvalue weighted by atomic mass is 9.81. The molecule has 8 heteroatoms. The number of hydrogen-bond acceptors (Lipinski definition) is 6. The molecule has 0 aliphatic carbocycles. The molecule has 3 rings (SSSR count). The molecule has 1 amide bonds. The normalized spacial score (nSPS) is 22.6. The van der Waals surface area contributed by atoms with Crippen LogP contribution in [0.25, 0.3) is 0 Å². The first-order chi connectivity index (χ1) is 16.4. The molecule has 0 bridgehead atoms. The topological polar surface area (TPSA) is 88.5 Å².